The van der Waals surface area contributed by atoms with Gasteiger partial charge in [-0.25, -0.2) is 0 Å². The Morgan fingerprint density at radius 1 is 0.950 bits per heavy atom. The fourth-order valence-electron chi connectivity index (χ4n) is 2.19. The van der Waals surface area contributed by atoms with Crippen LogP contribution in [0.3, 0.4) is 0 Å². The van der Waals surface area contributed by atoms with Crippen LogP contribution in [0.4, 0.5) is 0 Å². The van der Waals surface area contributed by atoms with Gasteiger partial charge in [-0.05, 0) is 43.4 Å². The zero-order chi connectivity index (χ0) is 14.4. The van der Waals surface area contributed by atoms with Crippen LogP contribution in [0.1, 0.15) is 38.5 Å². The van der Waals surface area contributed by atoms with Gasteiger partial charge in [0.1, 0.15) is 0 Å². The van der Waals surface area contributed by atoms with E-state index in [4.69, 9.17) is 0 Å². The second-order valence-electron chi connectivity index (χ2n) is 5.89. The summed E-state index contributed by atoms with van der Waals surface area (Å²) < 4.78 is 0. The third kappa shape index (κ3) is 4.77. The molecule has 0 saturated heterocycles. The summed E-state index contributed by atoms with van der Waals surface area (Å²) in [6, 6.07) is 15.7. The lowest BCUT2D eigenvalue weighted by Crippen LogP contribution is -2.25. The van der Waals surface area contributed by atoms with Gasteiger partial charge in [0.05, 0.1) is 0 Å². The Hall–Kier alpha value is -1.12. The van der Waals surface area contributed by atoms with Gasteiger partial charge >= 0.3 is 0 Å². The molecule has 108 valence electrons. The highest BCUT2D eigenvalue weighted by atomic mass is 32.1. The predicted molar refractivity (Wildman–Crippen MR) is 90.1 cm³/mol. The maximum absolute atomic E-state index is 3.63. The minimum absolute atomic E-state index is 0.597. The lowest BCUT2D eigenvalue weighted by molar-refractivity contribution is 0.452. The maximum Gasteiger partial charge on any atom is 0.0346 e. The minimum atomic E-state index is 0.597. The Morgan fingerprint density at radius 2 is 1.70 bits per heavy atom. The van der Waals surface area contributed by atoms with Gasteiger partial charge in [-0.3, -0.25) is 0 Å². The minimum Gasteiger partial charge on any atom is -0.309 e. The van der Waals surface area contributed by atoms with Crippen molar-refractivity contribution in [2.24, 2.45) is 5.92 Å². The SMILES string of the molecule is CC(C)CCC(C)NCc1ccc(-c2ccccc2)s1. The number of hydrogen-bond acceptors (Lipinski definition) is 2. The quantitative estimate of drug-likeness (QED) is 0.726. The second kappa shape index (κ2) is 7.61. The van der Waals surface area contributed by atoms with E-state index >= 15 is 0 Å². The summed E-state index contributed by atoms with van der Waals surface area (Å²) in [5.74, 6) is 0.797. The van der Waals surface area contributed by atoms with Crippen molar-refractivity contribution in [2.45, 2.75) is 46.2 Å². The first kappa shape index (κ1) is 15.3. The molecule has 1 atom stereocenters. The zero-order valence-electron chi connectivity index (χ0n) is 12.7. The molecule has 0 saturated carbocycles. The fourth-order valence-corrected chi connectivity index (χ4v) is 3.15. The van der Waals surface area contributed by atoms with E-state index in [2.05, 4.69) is 68.6 Å². The largest absolute Gasteiger partial charge is 0.309 e. The number of nitrogens with one attached hydrogen (secondary N) is 1. The number of thiophene rings is 1. The molecular formula is C18H25NS. The van der Waals surface area contributed by atoms with Gasteiger partial charge in [0.25, 0.3) is 0 Å². The van der Waals surface area contributed by atoms with Crippen LogP contribution in [0.25, 0.3) is 10.4 Å². The molecule has 0 amide bonds. The lowest BCUT2D eigenvalue weighted by atomic mass is 10.0. The molecule has 1 aromatic heterocycles. The van der Waals surface area contributed by atoms with Crippen molar-refractivity contribution >= 4 is 11.3 Å². The van der Waals surface area contributed by atoms with E-state index in [0.29, 0.717) is 6.04 Å². The summed E-state index contributed by atoms with van der Waals surface area (Å²) in [6.45, 7) is 7.85. The molecule has 20 heavy (non-hydrogen) atoms. The summed E-state index contributed by atoms with van der Waals surface area (Å²) in [5.41, 5.74) is 1.32. The highest BCUT2D eigenvalue weighted by Gasteiger charge is 2.06. The first-order chi connectivity index (χ1) is 9.65. The van der Waals surface area contributed by atoms with Gasteiger partial charge in [0, 0.05) is 22.3 Å². The van der Waals surface area contributed by atoms with Crippen LogP contribution in [-0.2, 0) is 6.54 Å². The fraction of sp³-hybridized carbons (Fsp3) is 0.444. The lowest BCUT2D eigenvalue weighted by Gasteiger charge is -2.14. The Kier molecular flexibility index (Phi) is 5.81. The van der Waals surface area contributed by atoms with Gasteiger partial charge in [-0.2, -0.15) is 0 Å². The molecule has 2 aromatic rings. The van der Waals surface area contributed by atoms with Gasteiger partial charge in [0.2, 0.25) is 0 Å². The third-order valence-corrected chi connectivity index (χ3v) is 4.66. The predicted octanol–water partition coefficient (Wildman–Crippen LogP) is 5.33. The van der Waals surface area contributed by atoms with Crippen LogP contribution in [0.15, 0.2) is 42.5 Å². The van der Waals surface area contributed by atoms with Crippen molar-refractivity contribution in [1.82, 2.24) is 5.32 Å². The average Bonchev–Trinajstić information content (AvgIpc) is 2.93. The van der Waals surface area contributed by atoms with E-state index in [1.54, 1.807) is 0 Å². The number of rotatable bonds is 7. The van der Waals surface area contributed by atoms with Crippen LogP contribution in [0, 0.1) is 5.92 Å². The molecule has 1 nitrogen and oxygen atoms in total. The molecule has 1 aromatic carbocycles. The monoisotopic (exact) mass is 287 g/mol. The van der Waals surface area contributed by atoms with E-state index in [1.807, 2.05) is 11.3 Å². The normalized spacial score (nSPS) is 12.8. The van der Waals surface area contributed by atoms with Crippen LogP contribution < -0.4 is 5.32 Å². The Morgan fingerprint density at radius 3 is 2.40 bits per heavy atom. The molecule has 0 fully saturated rings. The molecule has 0 radical (unpaired) electrons. The van der Waals surface area contributed by atoms with Gasteiger partial charge in [0.15, 0.2) is 0 Å². The Labute approximate surface area is 127 Å². The summed E-state index contributed by atoms with van der Waals surface area (Å²) in [7, 11) is 0. The van der Waals surface area contributed by atoms with Crippen molar-refractivity contribution in [3.8, 4) is 10.4 Å². The maximum atomic E-state index is 3.63. The highest BCUT2D eigenvalue weighted by molar-refractivity contribution is 7.15. The highest BCUT2D eigenvalue weighted by Crippen LogP contribution is 2.27. The summed E-state index contributed by atoms with van der Waals surface area (Å²) in [5, 5.41) is 3.63. The van der Waals surface area contributed by atoms with Crippen molar-refractivity contribution in [2.75, 3.05) is 0 Å². The van der Waals surface area contributed by atoms with Crippen molar-refractivity contribution in [3.63, 3.8) is 0 Å². The zero-order valence-corrected chi connectivity index (χ0v) is 13.5. The van der Waals surface area contributed by atoms with E-state index in [9.17, 15) is 0 Å². The molecule has 2 rings (SSSR count). The standard InChI is InChI=1S/C18H25NS/c1-14(2)9-10-15(3)19-13-17-11-12-18(20-17)16-7-5-4-6-8-16/h4-8,11-12,14-15,19H,9-10,13H2,1-3H3. The van der Waals surface area contributed by atoms with Crippen molar-refractivity contribution in [1.29, 1.82) is 0 Å². The molecule has 0 aliphatic carbocycles. The van der Waals surface area contributed by atoms with Gasteiger partial charge in [-0.15, -0.1) is 11.3 Å². The molecule has 0 aliphatic heterocycles. The Bertz CT molecular complexity index is 501. The number of hydrogen-bond donors (Lipinski definition) is 1. The van der Waals surface area contributed by atoms with Crippen molar-refractivity contribution in [3.05, 3.63) is 47.3 Å². The van der Waals surface area contributed by atoms with E-state index in [-0.39, 0.29) is 0 Å². The van der Waals surface area contributed by atoms with Crippen molar-refractivity contribution < 1.29 is 0 Å². The average molecular weight is 287 g/mol. The van der Waals surface area contributed by atoms with Crippen LogP contribution in [0.5, 0.6) is 0 Å². The summed E-state index contributed by atoms with van der Waals surface area (Å²) in [6.07, 6.45) is 2.56. The summed E-state index contributed by atoms with van der Waals surface area (Å²) in [4.78, 5) is 2.78. The van der Waals surface area contributed by atoms with Gasteiger partial charge in [-0.1, -0.05) is 44.2 Å². The van der Waals surface area contributed by atoms with Crippen LogP contribution in [-0.4, -0.2) is 6.04 Å². The van der Waals surface area contributed by atoms with Crippen LogP contribution >= 0.6 is 11.3 Å². The van der Waals surface area contributed by atoms with Gasteiger partial charge < -0.3 is 5.32 Å². The molecule has 1 heterocycles. The van der Waals surface area contributed by atoms with E-state index < -0.39 is 0 Å². The van der Waals surface area contributed by atoms with E-state index in [1.165, 1.54) is 28.2 Å². The third-order valence-electron chi connectivity index (χ3n) is 3.52. The molecule has 1 unspecified atom stereocenters. The molecule has 1 N–H and O–H groups in total. The van der Waals surface area contributed by atoms with E-state index in [0.717, 1.165) is 12.5 Å². The molecule has 0 spiro atoms. The first-order valence-corrected chi connectivity index (χ1v) is 8.34. The summed E-state index contributed by atoms with van der Waals surface area (Å²) >= 11 is 1.89. The Balaban J connectivity index is 1.84. The molecule has 0 aliphatic rings. The smallest absolute Gasteiger partial charge is 0.0346 e. The first-order valence-electron chi connectivity index (χ1n) is 7.52. The molecular weight excluding hydrogens is 262 g/mol. The second-order valence-corrected chi connectivity index (χ2v) is 7.05. The number of benzene rings is 1. The molecule has 2 heteroatoms. The molecule has 0 bridgehead atoms. The van der Waals surface area contributed by atoms with Crippen LogP contribution in [0.2, 0.25) is 0 Å². The topological polar surface area (TPSA) is 12.0 Å².